The summed E-state index contributed by atoms with van der Waals surface area (Å²) in [6, 6.07) is 26.6. The minimum absolute atomic E-state index is 0.109. The van der Waals surface area contributed by atoms with E-state index in [0.717, 1.165) is 27.5 Å². The van der Waals surface area contributed by atoms with E-state index in [2.05, 4.69) is 10.1 Å². The van der Waals surface area contributed by atoms with Gasteiger partial charge in [-0.1, -0.05) is 60.7 Å². The molecule has 35 heavy (non-hydrogen) atoms. The number of phenolic OH excluding ortho intramolecular Hbond substituents is 2. The lowest BCUT2D eigenvalue weighted by molar-refractivity contribution is 0.422. The third kappa shape index (κ3) is 3.02. The summed E-state index contributed by atoms with van der Waals surface area (Å²) in [7, 11) is 0. The van der Waals surface area contributed by atoms with Crippen molar-refractivity contribution in [1.82, 2.24) is 19.6 Å². The lowest BCUT2D eigenvalue weighted by Gasteiger charge is -2.27. The normalized spacial score (nSPS) is 14.5. The average Bonchev–Trinajstić information content (AvgIpc) is 3.31. The molecule has 0 amide bonds. The number of hydrogen-bond donors (Lipinski definition) is 2. The Hall–Kier alpha value is -4.91. The van der Waals surface area contributed by atoms with Crippen LogP contribution in [0.25, 0.3) is 27.8 Å². The second kappa shape index (κ2) is 7.30. The Bertz CT molecular complexity index is 1760. The molecule has 2 aromatic heterocycles. The second-order valence-corrected chi connectivity index (χ2v) is 8.55. The Labute approximate surface area is 199 Å². The summed E-state index contributed by atoms with van der Waals surface area (Å²) in [5.74, 6) is 1.36. The van der Waals surface area contributed by atoms with Crippen LogP contribution >= 0.6 is 0 Å². The molecule has 0 saturated heterocycles. The number of fused-ring (bicyclic) bond motifs is 5. The van der Waals surface area contributed by atoms with Gasteiger partial charge in [0.2, 0.25) is 5.88 Å². The van der Waals surface area contributed by atoms with Crippen LogP contribution in [0.3, 0.4) is 0 Å². The van der Waals surface area contributed by atoms with Crippen molar-refractivity contribution < 1.29 is 14.9 Å². The Kier molecular flexibility index (Phi) is 4.08. The van der Waals surface area contributed by atoms with Crippen LogP contribution in [-0.2, 0) is 0 Å². The van der Waals surface area contributed by atoms with Crippen LogP contribution in [0.5, 0.6) is 23.1 Å². The zero-order valence-corrected chi connectivity index (χ0v) is 18.3. The largest absolute Gasteiger partial charge is 0.508 e. The average molecular weight is 458 g/mol. The van der Waals surface area contributed by atoms with Gasteiger partial charge in [0.1, 0.15) is 23.6 Å². The zero-order valence-electron chi connectivity index (χ0n) is 18.3. The molecule has 7 rings (SSSR count). The molecule has 0 radical (unpaired) electrons. The Morgan fingerprint density at radius 3 is 2.43 bits per heavy atom. The first-order valence-electron chi connectivity index (χ1n) is 11.2. The van der Waals surface area contributed by atoms with Crippen molar-refractivity contribution in [3.8, 4) is 34.5 Å². The van der Waals surface area contributed by atoms with Crippen molar-refractivity contribution in [3.63, 3.8) is 0 Å². The quantitative estimate of drug-likeness (QED) is 0.348. The fourth-order valence-electron chi connectivity index (χ4n) is 4.82. The topological polar surface area (TPSA) is 92.8 Å². The van der Waals surface area contributed by atoms with E-state index in [1.165, 1.54) is 0 Å². The first-order chi connectivity index (χ1) is 17.2. The molecule has 168 valence electrons. The molecule has 4 aromatic carbocycles. The van der Waals surface area contributed by atoms with Crippen molar-refractivity contribution in [1.29, 1.82) is 0 Å². The third-order valence-electron chi connectivity index (χ3n) is 6.43. The van der Waals surface area contributed by atoms with Crippen LogP contribution < -0.4 is 4.74 Å². The van der Waals surface area contributed by atoms with Gasteiger partial charge in [0, 0.05) is 17.5 Å². The number of rotatable bonds is 2. The van der Waals surface area contributed by atoms with Gasteiger partial charge < -0.3 is 14.9 Å². The monoisotopic (exact) mass is 458 g/mol. The second-order valence-electron chi connectivity index (χ2n) is 8.55. The fourth-order valence-corrected chi connectivity index (χ4v) is 4.82. The molecule has 0 aliphatic carbocycles. The molecule has 6 aromatic rings. The molecule has 0 saturated carbocycles. The maximum Gasteiger partial charge on any atom is 0.228 e. The molecule has 1 atom stereocenters. The first-order valence-corrected chi connectivity index (χ1v) is 11.2. The summed E-state index contributed by atoms with van der Waals surface area (Å²) in [5.41, 5.74) is 3.84. The third-order valence-corrected chi connectivity index (χ3v) is 6.43. The summed E-state index contributed by atoms with van der Waals surface area (Å²) >= 11 is 0. The molecule has 1 aliphatic rings. The zero-order chi connectivity index (χ0) is 23.5. The van der Waals surface area contributed by atoms with Gasteiger partial charge >= 0.3 is 0 Å². The van der Waals surface area contributed by atoms with Gasteiger partial charge in [-0.3, -0.25) is 0 Å². The smallest absolute Gasteiger partial charge is 0.228 e. The van der Waals surface area contributed by atoms with E-state index < -0.39 is 0 Å². The lowest BCUT2D eigenvalue weighted by atomic mass is 9.84. The minimum atomic E-state index is -0.228. The van der Waals surface area contributed by atoms with Gasteiger partial charge in [-0.05, 0) is 34.5 Å². The highest BCUT2D eigenvalue weighted by Crippen LogP contribution is 2.48. The summed E-state index contributed by atoms with van der Waals surface area (Å²) < 4.78 is 7.73. The lowest BCUT2D eigenvalue weighted by Crippen LogP contribution is -2.14. The molecular weight excluding hydrogens is 440 g/mol. The summed E-state index contributed by atoms with van der Waals surface area (Å²) in [6.45, 7) is 0. The fraction of sp³-hybridized carbons (Fsp3) is 0.0357. The molecule has 7 heteroatoms. The highest BCUT2D eigenvalue weighted by molar-refractivity contribution is 5.89. The molecule has 1 aliphatic heterocycles. The van der Waals surface area contributed by atoms with E-state index in [-0.39, 0.29) is 17.4 Å². The highest BCUT2D eigenvalue weighted by atomic mass is 16.5. The molecule has 2 N–H and O–H groups in total. The maximum atomic E-state index is 10.8. The molecule has 0 unspecified atom stereocenters. The van der Waals surface area contributed by atoms with E-state index in [1.54, 1.807) is 29.0 Å². The SMILES string of the molecule is Oc1ccc2c(c1)Oc1ncn3nc(-c4cc5ccccc5cc4O)nc3c1[C@H]2c1ccccc1. The maximum absolute atomic E-state index is 10.8. The van der Waals surface area contributed by atoms with E-state index in [0.29, 0.717) is 28.7 Å². The van der Waals surface area contributed by atoms with Gasteiger partial charge in [0.05, 0.1) is 11.1 Å². The van der Waals surface area contributed by atoms with Crippen LogP contribution in [0, 0.1) is 0 Å². The van der Waals surface area contributed by atoms with Gasteiger partial charge in [0.15, 0.2) is 11.5 Å². The Morgan fingerprint density at radius 2 is 1.60 bits per heavy atom. The van der Waals surface area contributed by atoms with Crippen LogP contribution in [-0.4, -0.2) is 29.8 Å². The number of phenols is 2. The molecule has 0 spiro atoms. The van der Waals surface area contributed by atoms with Crippen LogP contribution in [0.4, 0.5) is 0 Å². The van der Waals surface area contributed by atoms with E-state index in [9.17, 15) is 10.2 Å². The van der Waals surface area contributed by atoms with Crippen molar-refractivity contribution in [2.24, 2.45) is 0 Å². The highest BCUT2D eigenvalue weighted by Gasteiger charge is 2.33. The summed E-state index contributed by atoms with van der Waals surface area (Å²) in [5, 5.41) is 27.4. The van der Waals surface area contributed by atoms with Crippen molar-refractivity contribution >= 4 is 16.4 Å². The number of benzene rings is 4. The summed E-state index contributed by atoms with van der Waals surface area (Å²) in [4.78, 5) is 9.38. The van der Waals surface area contributed by atoms with Crippen molar-refractivity contribution in [2.45, 2.75) is 5.92 Å². The Morgan fingerprint density at radius 1 is 0.829 bits per heavy atom. The predicted octanol–water partition coefficient (Wildman–Crippen LogP) is 5.64. The minimum Gasteiger partial charge on any atom is -0.508 e. The van der Waals surface area contributed by atoms with Crippen LogP contribution in [0.1, 0.15) is 22.6 Å². The van der Waals surface area contributed by atoms with E-state index >= 15 is 0 Å². The van der Waals surface area contributed by atoms with E-state index in [4.69, 9.17) is 9.72 Å². The van der Waals surface area contributed by atoms with Crippen molar-refractivity contribution in [2.75, 3.05) is 0 Å². The standard InChI is InChI=1S/C28H18N4O3/c33-19-10-11-20-23(14-19)35-28-25(24(20)16-6-2-1-3-7-16)27-30-26(31-32(27)15-29-28)21-12-17-8-4-5-9-18(17)13-22(21)34/h1-15,24,33-34H/t24-/m0/s1. The predicted molar refractivity (Wildman–Crippen MR) is 131 cm³/mol. The van der Waals surface area contributed by atoms with Gasteiger partial charge in [-0.15, -0.1) is 5.10 Å². The molecule has 0 bridgehead atoms. The van der Waals surface area contributed by atoms with Crippen molar-refractivity contribution in [3.05, 3.63) is 108 Å². The number of aromatic nitrogens is 4. The van der Waals surface area contributed by atoms with E-state index in [1.807, 2.05) is 66.7 Å². The van der Waals surface area contributed by atoms with Crippen LogP contribution in [0.2, 0.25) is 0 Å². The Balaban J connectivity index is 1.47. The molecule has 3 heterocycles. The number of aromatic hydroxyl groups is 2. The molecule has 7 nitrogen and oxygen atoms in total. The molecular formula is C28H18N4O3. The summed E-state index contributed by atoms with van der Waals surface area (Å²) in [6.07, 6.45) is 1.55. The van der Waals surface area contributed by atoms with Gasteiger partial charge in [0.25, 0.3) is 0 Å². The van der Waals surface area contributed by atoms with Gasteiger partial charge in [-0.25, -0.2) is 14.5 Å². The molecule has 0 fully saturated rings. The van der Waals surface area contributed by atoms with Gasteiger partial charge in [-0.2, -0.15) is 0 Å². The number of hydrogen-bond acceptors (Lipinski definition) is 6. The number of nitrogens with zero attached hydrogens (tertiary/aromatic N) is 4. The van der Waals surface area contributed by atoms with Crippen LogP contribution in [0.15, 0.2) is 91.3 Å². The first kappa shape index (κ1) is 19.5. The number of ether oxygens (including phenoxy) is 1.